The normalized spacial score (nSPS) is 14.6. The van der Waals surface area contributed by atoms with Crippen molar-refractivity contribution in [2.24, 2.45) is 5.73 Å². The summed E-state index contributed by atoms with van der Waals surface area (Å²) in [6.45, 7) is 6.38. The molecule has 0 heterocycles. The van der Waals surface area contributed by atoms with Gasteiger partial charge in [-0.3, -0.25) is 0 Å². The fourth-order valence-electron chi connectivity index (χ4n) is 2.67. The van der Waals surface area contributed by atoms with Gasteiger partial charge < -0.3 is 20.5 Å². The van der Waals surface area contributed by atoms with E-state index in [0.717, 1.165) is 28.0 Å². The molecule has 0 fully saturated rings. The summed E-state index contributed by atoms with van der Waals surface area (Å²) in [6, 6.07) is 1.98. The molecule has 4 nitrogen and oxygen atoms in total. The fourth-order valence-corrected chi connectivity index (χ4v) is 2.67. The minimum Gasteiger partial charge on any atom is -0.496 e. The topological polar surface area (TPSA) is 58.7 Å². The van der Waals surface area contributed by atoms with Crippen LogP contribution in [0, 0.1) is 20.8 Å². The molecule has 0 aliphatic rings. The van der Waals surface area contributed by atoms with E-state index in [2.05, 4.69) is 13.0 Å². The number of nitrogens with zero attached hydrogens (tertiary/aromatic N) is 1. The third-order valence-corrected chi connectivity index (χ3v) is 3.75. The number of aryl methyl sites for hydroxylation is 1. The maximum absolute atomic E-state index is 10.2. The summed E-state index contributed by atoms with van der Waals surface area (Å²) in [7, 11) is 5.60. The number of benzene rings is 1. The third kappa shape index (κ3) is 3.08. The lowest BCUT2D eigenvalue weighted by Gasteiger charge is -2.31. The summed E-state index contributed by atoms with van der Waals surface area (Å²) in [5, 5.41) is 10.2. The quantitative estimate of drug-likeness (QED) is 0.849. The first-order chi connectivity index (χ1) is 8.84. The molecule has 4 heteroatoms. The number of aliphatic hydroxyl groups excluding tert-OH is 1. The highest BCUT2D eigenvalue weighted by molar-refractivity contribution is 5.50. The number of likely N-dealkylation sites (N-methyl/N-ethyl adjacent to an activating group) is 1. The van der Waals surface area contributed by atoms with Gasteiger partial charge in [0.2, 0.25) is 0 Å². The number of rotatable bonds is 5. The van der Waals surface area contributed by atoms with Crippen LogP contribution >= 0.6 is 0 Å². The molecule has 0 bridgehead atoms. The van der Waals surface area contributed by atoms with Crippen molar-refractivity contribution in [1.29, 1.82) is 0 Å². The molecule has 19 heavy (non-hydrogen) atoms. The van der Waals surface area contributed by atoms with E-state index >= 15 is 0 Å². The van der Waals surface area contributed by atoms with Gasteiger partial charge in [-0.25, -0.2) is 0 Å². The number of nitrogens with two attached hydrogens (primary N) is 1. The van der Waals surface area contributed by atoms with Crippen LogP contribution in [0.15, 0.2) is 6.07 Å². The molecule has 3 N–H and O–H groups in total. The van der Waals surface area contributed by atoms with E-state index in [1.165, 1.54) is 0 Å². The maximum atomic E-state index is 10.2. The van der Waals surface area contributed by atoms with Gasteiger partial charge in [0.15, 0.2) is 0 Å². The highest BCUT2D eigenvalue weighted by Gasteiger charge is 2.25. The van der Waals surface area contributed by atoms with Gasteiger partial charge in [0.25, 0.3) is 0 Å². The van der Waals surface area contributed by atoms with Gasteiger partial charge >= 0.3 is 0 Å². The van der Waals surface area contributed by atoms with Crippen molar-refractivity contribution in [3.8, 4) is 5.75 Å². The molecule has 108 valence electrons. The summed E-state index contributed by atoms with van der Waals surface area (Å²) in [5.41, 5.74) is 10.1. The molecule has 0 aromatic heterocycles. The molecule has 0 saturated heterocycles. The average molecular weight is 266 g/mol. The van der Waals surface area contributed by atoms with E-state index in [1.807, 2.05) is 32.8 Å². The van der Waals surface area contributed by atoms with Gasteiger partial charge in [0, 0.05) is 6.54 Å². The SMILES string of the molecule is COc1c(C)cc(C(C(O)CN)N(C)C)c(C)c1C. The molecule has 1 aromatic carbocycles. The first-order valence-electron chi connectivity index (χ1n) is 6.54. The molecule has 0 saturated carbocycles. The van der Waals surface area contributed by atoms with Crippen LogP contribution in [0.2, 0.25) is 0 Å². The Balaban J connectivity index is 3.40. The van der Waals surface area contributed by atoms with Crippen molar-refractivity contribution in [3.63, 3.8) is 0 Å². The van der Waals surface area contributed by atoms with E-state index in [9.17, 15) is 5.11 Å². The first-order valence-corrected chi connectivity index (χ1v) is 6.54. The van der Waals surface area contributed by atoms with Crippen LogP contribution in [-0.2, 0) is 0 Å². The lowest BCUT2D eigenvalue weighted by Crippen LogP contribution is -2.36. The Kier molecular flexibility index (Phi) is 5.35. The second kappa shape index (κ2) is 6.37. The maximum Gasteiger partial charge on any atom is 0.124 e. The zero-order chi connectivity index (χ0) is 14.7. The molecule has 2 unspecified atom stereocenters. The van der Waals surface area contributed by atoms with Gasteiger partial charge in [-0.2, -0.15) is 0 Å². The van der Waals surface area contributed by atoms with Crippen LogP contribution in [0.3, 0.4) is 0 Å². The van der Waals surface area contributed by atoms with E-state index in [-0.39, 0.29) is 12.6 Å². The predicted octanol–water partition coefficient (Wildman–Crippen LogP) is 1.54. The van der Waals surface area contributed by atoms with Gasteiger partial charge in [-0.15, -0.1) is 0 Å². The molecule has 1 aromatic rings. The molecule has 2 atom stereocenters. The smallest absolute Gasteiger partial charge is 0.124 e. The number of hydrogen-bond acceptors (Lipinski definition) is 4. The summed E-state index contributed by atoms with van der Waals surface area (Å²) in [5.74, 6) is 0.918. The van der Waals surface area contributed by atoms with Crippen LogP contribution in [0.1, 0.15) is 28.3 Å². The number of aliphatic hydroxyl groups is 1. The zero-order valence-corrected chi connectivity index (χ0v) is 12.8. The van der Waals surface area contributed by atoms with Crippen LogP contribution in [-0.4, -0.2) is 43.9 Å². The Morgan fingerprint density at radius 1 is 1.26 bits per heavy atom. The Bertz CT molecular complexity index is 444. The number of ether oxygens (including phenoxy) is 1. The summed E-state index contributed by atoms with van der Waals surface area (Å²) in [6.07, 6.45) is -0.583. The summed E-state index contributed by atoms with van der Waals surface area (Å²) >= 11 is 0. The van der Waals surface area contributed by atoms with Gasteiger partial charge in [-0.05, 0) is 57.1 Å². The molecule has 0 radical (unpaired) electrons. The van der Waals surface area contributed by atoms with Gasteiger partial charge in [-0.1, -0.05) is 6.07 Å². The van der Waals surface area contributed by atoms with Crippen molar-refractivity contribution in [2.75, 3.05) is 27.7 Å². The van der Waals surface area contributed by atoms with E-state index in [0.29, 0.717) is 0 Å². The standard InChI is InChI=1S/C15H26N2O2/c1-9-7-12(10(2)11(3)15(9)19-6)14(17(4)5)13(18)8-16/h7,13-14,18H,8,16H2,1-6H3. The third-order valence-electron chi connectivity index (χ3n) is 3.75. The Hall–Kier alpha value is -1.10. The Morgan fingerprint density at radius 2 is 1.84 bits per heavy atom. The van der Waals surface area contributed by atoms with Crippen molar-refractivity contribution in [1.82, 2.24) is 4.90 Å². The number of hydrogen-bond donors (Lipinski definition) is 2. The second-order valence-electron chi connectivity index (χ2n) is 5.28. The van der Waals surface area contributed by atoms with E-state index < -0.39 is 6.10 Å². The van der Waals surface area contributed by atoms with Crippen LogP contribution in [0.5, 0.6) is 5.75 Å². The zero-order valence-electron chi connectivity index (χ0n) is 12.8. The monoisotopic (exact) mass is 266 g/mol. The number of methoxy groups -OCH3 is 1. The highest BCUT2D eigenvalue weighted by atomic mass is 16.5. The summed E-state index contributed by atoms with van der Waals surface area (Å²) < 4.78 is 5.44. The molecule has 1 rings (SSSR count). The van der Waals surface area contributed by atoms with Crippen molar-refractivity contribution >= 4 is 0 Å². The largest absolute Gasteiger partial charge is 0.496 e. The highest BCUT2D eigenvalue weighted by Crippen LogP contribution is 2.34. The summed E-state index contributed by atoms with van der Waals surface area (Å²) in [4.78, 5) is 2.01. The average Bonchev–Trinajstić information content (AvgIpc) is 2.35. The minimum absolute atomic E-state index is 0.103. The van der Waals surface area contributed by atoms with Crippen LogP contribution in [0.25, 0.3) is 0 Å². The minimum atomic E-state index is -0.583. The van der Waals surface area contributed by atoms with Crippen molar-refractivity contribution in [2.45, 2.75) is 32.9 Å². The second-order valence-corrected chi connectivity index (χ2v) is 5.28. The first kappa shape index (κ1) is 16.0. The molecule has 0 spiro atoms. The fraction of sp³-hybridized carbons (Fsp3) is 0.600. The van der Waals surface area contributed by atoms with E-state index in [1.54, 1.807) is 7.11 Å². The lowest BCUT2D eigenvalue weighted by molar-refractivity contribution is 0.0819. The van der Waals surface area contributed by atoms with Crippen LogP contribution in [0.4, 0.5) is 0 Å². The van der Waals surface area contributed by atoms with E-state index in [4.69, 9.17) is 10.5 Å². The Morgan fingerprint density at radius 3 is 2.26 bits per heavy atom. The van der Waals surface area contributed by atoms with Crippen molar-refractivity contribution in [3.05, 3.63) is 28.3 Å². The molecule has 0 aliphatic heterocycles. The van der Waals surface area contributed by atoms with Crippen molar-refractivity contribution < 1.29 is 9.84 Å². The van der Waals surface area contributed by atoms with Gasteiger partial charge in [0.1, 0.15) is 5.75 Å². The molecular formula is C15H26N2O2. The molecule has 0 aliphatic carbocycles. The van der Waals surface area contributed by atoms with Gasteiger partial charge in [0.05, 0.1) is 19.3 Å². The predicted molar refractivity (Wildman–Crippen MR) is 78.7 cm³/mol. The Labute approximate surface area is 116 Å². The lowest BCUT2D eigenvalue weighted by atomic mass is 9.90. The van der Waals surface area contributed by atoms with Crippen LogP contribution < -0.4 is 10.5 Å². The molecular weight excluding hydrogens is 240 g/mol. The molecule has 0 amide bonds.